The van der Waals surface area contributed by atoms with Gasteiger partial charge in [0.05, 0.1) is 36.3 Å². The number of benzene rings is 1. The maximum atomic E-state index is 13.0. The van der Waals surface area contributed by atoms with Gasteiger partial charge in [0.1, 0.15) is 17.2 Å². The Bertz CT molecular complexity index is 1440. The minimum atomic E-state index is -5.08. The molecule has 3 aromatic rings. The SMILES string of the molecule is COc1cc(S(=O)(=O)N2CCOCC2)ccc1Nc1nc(NC2CCCC2)c2cc[nH]c2n1.O=C(O)C(F)(F)F. The Hall–Kier alpha value is -3.63. The number of anilines is 3. The summed E-state index contributed by atoms with van der Waals surface area (Å²) in [5.74, 6) is -1.19. The first-order chi connectivity index (χ1) is 19.0. The zero-order valence-corrected chi connectivity index (χ0v) is 22.3. The Kier molecular flexibility index (Phi) is 9.00. The molecule has 0 radical (unpaired) electrons. The molecule has 4 N–H and O–H groups in total. The summed E-state index contributed by atoms with van der Waals surface area (Å²) in [5.41, 5.74) is 1.30. The number of aromatic amines is 1. The van der Waals surface area contributed by atoms with Crippen LogP contribution < -0.4 is 15.4 Å². The average Bonchev–Trinajstić information content (AvgIpc) is 3.61. The number of methoxy groups -OCH3 is 1. The fourth-order valence-electron chi connectivity index (χ4n) is 4.36. The quantitative estimate of drug-likeness (QED) is 0.321. The fraction of sp³-hybridized carbons (Fsp3) is 0.458. The number of alkyl halides is 3. The van der Waals surface area contributed by atoms with Gasteiger partial charge in [0.25, 0.3) is 0 Å². The molecular formula is C24H29F3N6O6S. The Labute approximate surface area is 227 Å². The number of rotatable bonds is 7. The highest BCUT2D eigenvalue weighted by atomic mass is 32.2. The molecule has 0 amide bonds. The highest BCUT2D eigenvalue weighted by Crippen LogP contribution is 2.32. The number of nitrogens with zero attached hydrogens (tertiary/aromatic N) is 3. The van der Waals surface area contributed by atoms with Crippen LogP contribution in [-0.2, 0) is 19.6 Å². The van der Waals surface area contributed by atoms with Gasteiger partial charge >= 0.3 is 12.1 Å². The number of fused-ring (bicyclic) bond motifs is 1. The maximum Gasteiger partial charge on any atom is 0.490 e. The predicted octanol–water partition coefficient (Wildman–Crippen LogP) is 3.72. The molecule has 1 saturated heterocycles. The number of hydrogen-bond donors (Lipinski definition) is 4. The van der Waals surface area contributed by atoms with E-state index in [2.05, 4.69) is 20.6 Å². The summed E-state index contributed by atoms with van der Waals surface area (Å²) in [6, 6.07) is 7.14. The monoisotopic (exact) mass is 586 g/mol. The number of halogens is 3. The van der Waals surface area contributed by atoms with E-state index < -0.39 is 22.2 Å². The summed E-state index contributed by atoms with van der Waals surface area (Å²) in [5, 5.41) is 14.8. The van der Waals surface area contributed by atoms with Crippen molar-refractivity contribution in [3.63, 3.8) is 0 Å². The highest BCUT2D eigenvalue weighted by Gasteiger charge is 2.38. The van der Waals surface area contributed by atoms with E-state index in [1.165, 1.54) is 30.3 Å². The normalized spacial score (nSPS) is 16.8. The molecule has 0 spiro atoms. The van der Waals surface area contributed by atoms with Gasteiger partial charge in [-0.3, -0.25) is 0 Å². The molecule has 3 heterocycles. The van der Waals surface area contributed by atoms with Crippen LogP contribution in [0.2, 0.25) is 0 Å². The molecular weight excluding hydrogens is 557 g/mol. The lowest BCUT2D eigenvalue weighted by Crippen LogP contribution is -2.40. The Morgan fingerprint density at radius 3 is 2.48 bits per heavy atom. The molecule has 12 nitrogen and oxygen atoms in total. The van der Waals surface area contributed by atoms with Gasteiger partial charge < -0.3 is 30.2 Å². The number of morpholine rings is 1. The highest BCUT2D eigenvalue weighted by molar-refractivity contribution is 7.89. The number of sulfonamides is 1. The number of carboxylic acid groups (broad SMARTS) is 1. The molecule has 218 valence electrons. The van der Waals surface area contributed by atoms with Crippen molar-refractivity contribution in [2.24, 2.45) is 0 Å². The second-order valence-electron chi connectivity index (χ2n) is 9.07. The Morgan fingerprint density at radius 2 is 1.85 bits per heavy atom. The summed E-state index contributed by atoms with van der Waals surface area (Å²) < 4.78 is 70.0. The molecule has 5 rings (SSSR count). The van der Waals surface area contributed by atoms with E-state index in [9.17, 15) is 21.6 Å². The van der Waals surface area contributed by atoms with Gasteiger partial charge in [-0.1, -0.05) is 12.8 Å². The molecule has 2 aromatic heterocycles. The molecule has 0 bridgehead atoms. The molecule has 1 aliphatic carbocycles. The molecule has 0 atom stereocenters. The van der Waals surface area contributed by atoms with Crippen LogP contribution in [0.15, 0.2) is 35.4 Å². The number of H-pyrrole nitrogens is 1. The Balaban J connectivity index is 0.000000470. The van der Waals surface area contributed by atoms with Crippen LogP contribution in [0.4, 0.5) is 30.6 Å². The van der Waals surface area contributed by atoms with Crippen LogP contribution in [0.5, 0.6) is 5.75 Å². The van der Waals surface area contributed by atoms with Gasteiger partial charge in [0.2, 0.25) is 16.0 Å². The van der Waals surface area contributed by atoms with Gasteiger partial charge in [-0.15, -0.1) is 0 Å². The third-order valence-corrected chi connectivity index (χ3v) is 8.28. The van der Waals surface area contributed by atoms with Crippen LogP contribution >= 0.6 is 0 Å². The van der Waals surface area contributed by atoms with E-state index in [1.807, 2.05) is 12.3 Å². The number of nitrogens with one attached hydrogen (secondary N) is 3. The predicted molar refractivity (Wildman–Crippen MR) is 139 cm³/mol. The molecule has 2 fully saturated rings. The number of carbonyl (C=O) groups is 1. The van der Waals surface area contributed by atoms with Crippen molar-refractivity contribution >= 4 is 44.5 Å². The van der Waals surface area contributed by atoms with Crippen molar-refractivity contribution in [3.05, 3.63) is 30.5 Å². The topological polar surface area (TPSA) is 159 Å². The summed E-state index contributed by atoms with van der Waals surface area (Å²) in [6.07, 6.45) is 1.47. The summed E-state index contributed by atoms with van der Waals surface area (Å²) in [4.78, 5) is 21.5. The lowest BCUT2D eigenvalue weighted by molar-refractivity contribution is -0.192. The molecule has 1 saturated carbocycles. The van der Waals surface area contributed by atoms with Crippen molar-refractivity contribution in [2.75, 3.05) is 44.0 Å². The molecule has 0 unspecified atom stereocenters. The van der Waals surface area contributed by atoms with Crippen LogP contribution in [-0.4, -0.2) is 84.4 Å². The van der Waals surface area contributed by atoms with Gasteiger partial charge in [0.15, 0.2) is 0 Å². The molecule has 16 heteroatoms. The van der Waals surface area contributed by atoms with Crippen molar-refractivity contribution < 1.29 is 41.0 Å². The lowest BCUT2D eigenvalue weighted by atomic mass is 10.2. The first-order valence-electron chi connectivity index (χ1n) is 12.4. The maximum absolute atomic E-state index is 13.0. The van der Waals surface area contributed by atoms with Crippen LogP contribution in [0.1, 0.15) is 25.7 Å². The third-order valence-electron chi connectivity index (χ3n) is 6.38. The minimum absolute atomic E-state index is 0.177. The summed E-state index contributed by atoms with van der Waals surface area (Å²) >= 11 is 0. The standard InChI is InChI=1S/C22H28N6O4S.C2HF3O2/c1-31-19-14-16(33(29,30)28-10-12-32-13-11-28)6-7-18(19)25-22-26-20-17(8-9-23-20)21(27-22)24-15-4-2-3-5-15;3-2(4,5)1(6)7/h6-9,14-15H,2-5,10-13H2,1H3,(H3,23,24,25,26,27);(H,6,7). The number of aromatic nitrogens is 3. The van der Waals surface area contributed by atoms with E-state index in [-0.39, 0.29) is 4.90 Å². The zero-order valence-electron chi connectivity index (χ0n) is 21.5. The van der Waals surface area contributed by atoms with Crippen molar-refractivity contribution in [2.45, 2.75) is 42.8 Å². The molecule has 1 aromatic carbocycles. The minimum Gasteiger partial charge on any atom is -0.495 e. The second-order valence-corrected chi connectivity index (χ2v) is 11.0. The first kappa shape index (κ1) is 29.4. The molecule has 1 aliphatic heterocycles. The van der Waals surface area contributed by atoms with Crippen LogP contribution in [0, 0.1) is 0 Å². The van der Waals surface area contributed by atoms with Crippen molar-refractivity contribution in [1.82, 2.24) is 19.3 Å². The second kappa shape index (κ2) is 12.3. The van der Waals surface area contributed by atoms with E-state index in [4.69, 9.17) is 24.4 Å². The third kappa shape index (κ3) is 6.92. The average molecular weight is 587 g/mol. The fourth-order valence-corrected chi connectivity index (χ4v) is 5.79. The lowest BCUT2D eigenvalue weighted by Gasteiger charge is -2.26. The van der Waals surface area contributed by atoms with Crippen LogP contribution in [0.3, 0.4) is 0 Å². The van der Waals surface area contributed by atoms with E-state index in [1.54, 1.807) is 12.1 Å². The summed E-state index contributed by atoms with van der Waals surface area (Å²) in [7, 11) is -2.12. The van der Waals surface area contributed by atoms with Gasteiger partial charge in [-0.05, 0) is 31.0 Å². The van der Waals surface area contributed by atoms with E-state index in [0.717, 1.165) is 29.7 Å². The number of aliphatic carboxylic acids is 1. The van der Waals surface area contributed by atoms with Gasteiger partial charge in [-0.2, -0.15) is 27.4 Å². The van der Waals surface area contributed by atoms with E-state index >= 15 is 0 Å². The van der Waals surface area contributed by atoms with Crippen LogP contribution in [0.25, 0.3) is 11.0 Å². The largest absolute Gasteiger partial charge is 0.495 e. The summed E-state index contributed by atoms with van der Waals surface area (Å²) in [6.45, 7) is 1.47. The van der Waals surface area contributed by atoms with Crippen molar-refractivity contribution in [1.29, 1.82) is 0 Å². The molecule has 2 aliphatic rings. The van der Waals surface area contributed by atoms with Gasteiger partial charge in [-0.25, -0.2) is 13.2 Å². The smallest absolute Gasteiger partial charge is 0.490 e. The first-order valence-corrected chi connectivity index (χ1v) is 13.9. The van der Waals surface area contributed by atoms with Gasteiger partial charge in [0, 0.05) is 31.4 Å². The number of ether oxygens (including phenoxy) is 2. The zero-order chi connectivity index (χ0) is 28.9. The number of hydrogen-bond acceptors (Lipinski definition) is 9. The molecule has 40 heavy (non-hydrogen) atoms. The van der Waals surface area contributed by atoms with Crippen molar-refractivity contribution in [3.8, 4) is 5.75 Å². The number of carboxylic acids is 1. The van der Waals surface area contributed by atoms with E-state index in [0.29, 0.717) is 49.7 Å². The Morgan fingerprint density at radius 1 is 1.18 bits per heavy atom.